The molecule has 0 radical (unpaired) electrons. The Kier molecular flexibility index (Phi) is 10.7. The van der Waals surface area contributed by atoms with Gasteiger partial charge in [0.15, 0.2) is 5.69 Å². The van der Waals surface area contributed by atoms with Crippen LogP contribution >= 0.6 is 23.2 Å². The summed E-state index contributed by atoms with van der Waals surface area (Å²) in [6.45, 7) is 0. The number of imide groups is 2. The number of rotatable bonds is 11. The average molecular weight is 902 g/mol. The maximum atomic E-state index is 15.7. The van der Waals surface area contributed by atoms with E-state index in [1.54, 1.807) is 30.3 Å². The average Bonchev–Trinajstić information content (AvgIpc) is 3.64. The zero-order valence-electron chi connectivity index (χ0n) is 34.2. The number of fused-ring (bicyclic) bond motifs is 4. The summed E-state index contributed by atoms with van der Waals surface area (Å²) in [7, 11) is 6.99. The largest absolute Gasteiger partial charge is 0.507 e. The lowest BCUT2D eigenvalue weighted by Gasteiger charge is -2.50. The normalized spacial score (nSPS) is 23.7. The molecule has 18 nitrogen and oxygen atoms in total. The Hall–Kier alpha value is -6.92. The molecular weight excluding hydrogens is 863 g/mol. The number of ether oxygens (including phenoxy) is 3. The standard InChI is InChI=1S/C43H38Cl2N6O12/c1-47(2)38-31(50(57)58)15-22(16-32(38)51(59)60)48-39(53)26-12-11-25-27(35(26)41(48)55)19-28-40(54)49(46-30-13-8-21(44)14-29(30)45)42(56)43(28,20-6-9-23(61-3)10-7-20)37(25)36-33(52)17-24(62-4)18-34(36)63-5/h6-11,13-18,26-28,35,37,46,52H,12,19H2,1-5H3/t26-,27+,28-,35-,37+,43+/m0/s1. The van der Waals surface area contributed by atoms with Gasteiger partial charge in [-0.2, -0.15) is 5.01 Å². The number of nitro benzene ring substituents is 2. The fraction of sp³-hybridized carbons (Fsp3) is 0.302. The van der Waals surface area contributed by atoms with Crippen molar-refractivity contribution in [3.05, 3.63) is 120 Å². The Labute approximate surface area is 368 Å². The van der Waals surface area contributed by atoms with Crippen molar-refractivity contribution in [1.82, 2.24) is 5.01 Å². The van der Waals surface area contributed by atoms with Gasteiger partial charge in [-0.3, -0.25) is 44.8 Å². The number of carbonyl (C=O) groups is 4. The van der Waals surface area contributed by atoms with E-state index in [4.69, 9.17) is 37.4 Å². The number of hydrazine groups is 1. The van der Waals surface area contributed by atoms with E-state index >= 15 is 9.59 Å². The third-order valence-corrected chi connectivity index (χ3v) is 13.1. The first-order valence-corrected chi connectivity index (χ1v) is 20.2. The highest BCUT2D eigenvalue weighted by Gasteiger charge is 2.71. The molecular formula is C43H38Cl2N6O12. The number of hydrogen-bond donors (Lipinski definition) is 2. The molecule has 326 valence electrons. The molecule has 3 fully saturated rings. The van der Waals surface area contributed by atoms with Crippen molar-refractivity contribution in [1.29, 1.82) is 0 Å². The second kappa shape index (κ2) is 15.8. The number of phenolic OH excluding ortho intramolecular Hbond substituents is 1. The van der Waals surface area contributed by atoms with E-state index in [1.807, 2.05) is 0 Å². The van der Waals surface area contributed by atoms with Crippen LogP contribution in [-0.2, 0) is 24.6 Å². The van der Waals surface area contributed by atoms with E-state index < -0.39 is 79.9 Å². The number of amides is 4. The molecule has 63 heavy (non-hydrogen) atoms. The van der Waals surface area contributed by atoms with Gasteiger partial charge in [0.2, 0.25) is 11.8 Å². The fourth-order valence-corrected chi connectivity index (χ4v) is 10.5. The quantitative estimate of drug-likeness (QED) is 0.0684. The molecule has 2 N–H and O–H groups in total. The molecule has 1 saturated carbocycles. The van der Waals surface area contributed by atoms with Crippen LogP contribution in [0.5, 0.6) is 23.0 Å². The number of anilines is 3. The summed E-state index contributed by atoms with van der Waals surface area (Å²) in [6, 6.07) is 15.7. The highest BCUT2D eigenvalue weighted by atomic mass is 35.5. The van der Waals surface area contributed by atoms with Crippen LogP contribution in [-0.4, -0.2) is 79.0 Å². The van der Waals surface area contributed by atoms with Crippen LogP contribution in [0.15, 0.2) is 78.4 Å². The van der Waals surface area contributed by atoms with Crippen molar-refractivity contribution in [2.45, 2.75) is 24.2 Å². The van der Waals surface area contributed by atoms with Crippen LogP contribution in [0.25, 0.3) is 0 Å². The van der Waals surface area contributed by atoms with E-state index in [0.717, 1.165) is 22.0 Å². The highest BCUT2D eigenvalue weighted by Crippen LogP contribution is 2.66. The van der Waals surface area contributed by atoms with Crippen molar-refractivity contribution in [3.8, 4) is 23.0 Å². The van der Waals surface area contributed by atoms with Crippen molar-refractivity contribution in [2.24, 2.45) is 23.7 Å². The molecule has 2 heterocycles. The van der Waals surface area contributed by atoms with Crippen molar-refractivity contribution >= 4 is 75.3 Å². The number of nitrogens with one attached hydrogen (secondary N) is 1. The van der Waals surface area contributed by atoms with Crippen molar-refractivity contribution in [2.75, 3.05) is 50.7 Å². The van der Waals surface area contributed by atoms with Crippen LogP contribution in [0.1, 0.15) is 29.9 Å². The maximum absolute atomic E-state index is 15.7. The number of methoxy groups -OCH3 is 3. The van der Waals surface area contributed by atoms with Crippen molar-refractivity contribution in [3.63, 3.8) is 0 Å². The van der Waals surface area contributed by atoms with E-state index in [9.17, 15) is 34.9 Å². The first-order valence-electron chi connectivity index (χ1n) is 19.4. The van der Waals surface area contributed by atoms with Crippen LogP contribution in [0, 0.1) is 43.9 Å². The van der Waals surface area contributed by atoms with Gasteiger partial charge in [0.05, 0.1) is 70.7 Å². The number of nitrogens with zero attached hydrogens (tertiary/aromatic N) is 5. The number of hydrogen-bond acceptors (Lipinski definition) is 14. The van der Waals surface area contributed by atoms with Crippen LogP contribution in [0.4, 0.5) is 28.4 Å². The molecule has 4 amide bonds. The number of aromatic hydroxyl groups is 1. The lowest BCUT2D eigenvalue weighted by atomic mass is 9.49. The van der Waals surface area contributed by atoms with Crippen LogP contribution < -0.4 is 29.4 Å². The van der Waals surface area contributed by atoms with Gasteiger partial charge in [-0.05, 0) is 54.7 Å². The van der Waals surface area contributed by atoms with Gasteiger partial charge in [0.1, 0.15) is 23.0 Å². The van der Waals surface area contributed by atoms with Gasteiger partial charge < -0.3 is 24.2 Å². The Morgan fingerprint density at radius 3 is 2.05 bits per heavy atom. The molecule has 2 saturated heterocycles. The van der Waals surface area contributed by atoms with E-state index in [2.05, 4.69) is 5.43 Å². The number of nitro groups is 2. The Balaban J connectivity index is 1.36. The summed E-state index contributed by atoms with van der Waals surface area (Å²) in [5.74, 6) is -8.51. The summed E-state index contributed by atoms with van der Waals surface area (Å²) in [5.41, 5.74) is -0.0707. The molecule has 0 unspecified atom stereocenters. The Bertz CT molecular complexity index is 2660. The predicted octanol–water partition coefficient (Wildman–Crippen LogP) is 6.80. The second-order valence-corrected chi connectivity index (χ2v) is 16.6. The minimum atomic E-state index is -1.88. The molecule has 6 atom stereocenters. The Morgan fingerprint density at radius 2 is 1.48 bits per heavy atom. The number of benzene rings is 4. The molecule has 0 bridgehead atoms. The first-order chi connectivity index (χ1) is 30.0. The minimum absolute atomic E-state index is 0.0793. The number of phenols is 1. The van der Waals surface area contributed by atoms with E-state index in [-0.39, 0.29) is 57.7 Å². The molecule has 4 aromatic rings. The zero-order chi connectivity index (χ0) is 45.4. The maximum Gasteiger partial charge on any atom is 0.301 e. The molecule has 2 aliphatic heterocycles. The molecule has 0 aromatic heterocycles. The Morgan fingerprint density at radius 1 is 0.825 bits per heavy atom. The predicted molar refractivity (Wildman–Crippen MR) is 228 cm³/mol. The highest BCUT2D eigenvalue weighted by molar-refractivity contribution is 6.36. The van der Waals surface area contributed by atoms with Crippen LogP contribution in [0.3, 0.4) is 0 Å². The van der Waals surface area contributed by atoms with E-state index in [1.165, 1.54) is 70.7 Å². The lowest BCUT2D eigenvalue weighted by molar-refractivity contribution is -0.392. The molecule has 4 aliphatic rings. The van der Waals surface area contributed by atoms with Gasteiger partial charge in [-0.25, -0.2) is 4.90 Å². The fourth-order valence-electron chi connectivity index (χ4n) is 10.0. The third-order valence-electron chi connectivity index (χ3n) is 12.6. The molecule has 20 heteroatoms. The number of allylic oxidation sites excluding steroid dienone is 2. The smallest absolute Gasteiger partial charge is 0.301 e. The monoisotopic (exact) mass is 900 g/mol. The molecule has 4 aromatic carbocycles. The zero-order valence-corrected chi connectivity index (χ0v) is 35.7. The minimum Gasteiger partial charge on any atom is -0.507 e. The van der Waals surface area contributed by atoms with Crippen molar-refractivity contribution < 1.29 is 48.3 Å². The molecule has 2 aliphatic carbocycles. The molecule has 0 spiro atoms. The van der Waals surface area contributed by atoms with Gasteiger partial charge >= 0.3 is 11.4 Å². The summed E-state index contributed by atoms with van der Waals surface area (Å²) >= 11 is 12.7. The third kappa shape index (κ3) is 6.45. The van der Waals surface area contributed by atoms with Gasteiger partial charge in [-0.15, -0.1) is 0 Å². The van der Waals surface area contributed by atoms with Crippen LogP contribution in [0.2, 0.25) is 10.0 Å². The summed E-state index contributed by atoms with van der Waals surface area (Å²) < 4.78 is 16.8. The van der Waals surface area contributed by atoms with Gasteiger partial charge in [0, 0.05) is 54.9 Å². The second-order valence-electron chi connectivity index (χ2n) is 15.7. The topological polar surface area (TPSA) is 224 Å². The lowest BCUT2D eigenvalue weighted by Crippen LogP contribution is -2.53. The van der Waals surface area contributed by atoms with Gasteiger partial charge in [0.25, 0.3) is 11.8 Å². The van der Waals surface area contributed by atoms with Gasteiger partial charge in [-0.1, -0.05) is 47.0 Å². The summed E-state index contributed by atoms with van der Waals surface area (Å²) in [6.07, 6.45) is 1.46. The SMILES string of the molecule is COc1ccc([C@@]23C(=O)N(Nc4ccc(Cl)cc4Cl)C(=O)[C@@H]2C[C@@H]2C(=CC[C@@H]4C(=O)N(c5cc([N+](=O)[O-])c(N(C)C)c([N+](=O)[O-])c5)C(=O)[C@@H]42)[C@@H]3c2c(O)cc(OC)cc2OC)cc1. The first kappa shape index (κ1) is 42.8. The summed E-state index contributed by atoms with van der Waals surface area (Å²) in [5, 5.41) is 37.9. The summed E-state index contributed by atoms with van der Waals surface area (Å²) in [4.78, 5) is 85.1. The number of carbonyl (C=O) groups excluding carboxylic acids is 4. The van der Waals surface area contributed by atoms with E-state index in [0.29, 0.717) is 21.9 Å². The molecule has 8 rings (SSSR count). The number of halogens is 2.